The molecule has 0 aliphatic heterocycles. The molecule has 0 aliphatic rings. The first-order valence-corrected chi connectivity index (χ1v) is 13.3. The maximum absolute atomic E-state index is 13.4. The van der Waals surface area contributed by atoms with Crippen LogP contribution in [0.1, 0.15) is 26.9 Å². The van der Waals surface area contributed by atoms with Gasteiger partial charge < -0.3 is 15.1 Å². The van der Waals surface area contributed by atoms with Gasteiger partial charge in [-0.2, -0.15) is 0 Å². The number of aryl methyl sites for hydroxylation is 1. The van der Waals surface area contributed by atoms with Crippen LogP contribution in [0, 0.1) is 6.92 Å². The van der Waals surface area contributed by atoms with Gasteiger partial charge in [0.1, 0.15) is 5.25 Å². The number of nitrogens with one attached hydrogen (secondary N) is 2. The summed E-state index contributed by atoms with van der Waals surface area (Å²) in [5.41, 5.74) is 4.54. The van der Waals surface area contributed by atoms with E-state index in [1.807, 2.05) is 79.0 Å². The van der Waals surface area contributed by atoms with Crippen molar-refractivity contribution < 1.29 is 14.0 Å². The average molecular weight is 526 g/mol. The van der Waals surface area contributed by atoms with Crippen molar-refractivity contribution in [3.8, 4) is 11.3 Å². The van der Waals surface area contributed by atoms with Gasteiger partial charge in [0.25, 0.3) is 5.91 Å². The van der Waals surface area contributed by atoms with Crippen LogP contribution in [0.3, 0.4) is 0 Å². The summed E-state index contributed by atoms with van der Waals surface area (Å²) in [7, 11) is 0. The predicted molar refractivity (Wildman–Crippen MR) is 149 cm³/mol. The van der Waals surface area contributed by atoms with E-state index in [0.29, 0.717) is 10.8 Å². The minimum Gasteiger partial charge on any atom is -0.459 e. The first kappa shape index (κ1) is 24.5. The van der Waals surface area contributed by atoms with E-state index in [-0.39, 0.29) is 17.6 Å². The predicted octanol–water partition coefficient (Wildman–Crippen LogP) is 7.44. The summed E-state index contributed by atoms with van der Waals surface area (Å²) in [4.78, 5) is 31.2. The van der Waals surface area contributed by atoms with Crippen LogP contribution in [-0.2, 0) is 4.79 Å². The van der Waals surface area contributed by atoms with Crippen LogP contribution in [0.15, 0.2) is 112 Å². The standard InChI is InChI=1S/C29H23N3O3S2/c1-19-9-11-20(12-10-19)24-18-36-29(31-24)32-28(34)26(21-6-3-2-4-7-21)37-23-15-13-22(14-16-23)30-27(33)25-8-5-17-35-25/h2-18,26H,1H3,(H,30,33)(H,31,32,34). The third-order valence-electron chi connectivity index (χ3n) is 5.53. The Morgan fingerprint density at radius 1 is 0.892 bits per heavy atom. The zero-order chi connectivity index (χ0) is 25.6. The van der Waals surface area contributed by atoms with E-state index in [1.165, 1.54) is 34.9 Å². The summed E-state index contributed by atoms with van der Waals surface area (Å²) >= 11 is 2.83. The largest absolute Gasteiger partial charge is 0.459 e. The molecule has 2 aromatic heterocycles. The molecular formula is C29H23N3O3S2. The van der Waals surface area contributed by atoms with Crippen molar-refractivity contribution in [2.24, 2.45) is 0 Å². The highest BCUT2D eigenvalue weighted by molar-refractivity contribution is 8.00. The fourth-order valence-electron chi connectivity index (χ4n) is 3.61. The number of nitrogens with zero attached hydrogens (tertiary/aromatic N) is 1. The van der Waals surface area contributed by atoms with E-state index in [0.717, 1.165) is 21.7 Å². The van der Waals surface area contributed by atoms with Gasteiger partial charge in [-0.15, -0.1) is 23.1 Å². The van der Waals surface area contributed by atoms with Crippen molar-refractivity contribution in [1.82, 2.24) is 4.98 Å². The quantitative estimate of drug-likeness (QED) is 0.206. The highest BCUT2D eigenvalue weighted by Crippen LogP contribution is 2.37. The number of thioether (sulfide) groups is 1. The minimum absolute atomic E-state index is 0.156. The van der Waals surface area contributed by atoms with Crippen molar-refractivity contribution in [3.05, 3.63) is 120 Å². The number of furan rings is 1. The number of amides is 2. The Kier molecular flexibility index (Phi) is 7.49. The molecule has 2 heterocycles. The van der Waals surface area contributed by atoms with E-state index in [9.17, 15) is 9.59 Å². The molecule has 0 saturated carbocycles. The van der Waals surface area contributed by atoms with Gasteiger partial charge in [-0.1, -0.05) is 60.2 Å². The first-order valence-electron chi connectivity index (χ1n) is 11.5. The molecule has 0 saturated heterocycles. The van der Waals surface area contributed by atoms with E-state index in [1.54, 1.807) is 24.3 Å². The van der Waals surface area contributed by atoms with Crippen LogP contribution in [0.5, 0.6) is 0 Å². The normalized spacial score (nSPS) is 11.6. The molecule has 2 N–H and O–H groups in total. The molecule has 0 aliphatic carbocycles. The molecular weight excluding hydrogens is 502 g/mol. The second-order valence-corrected chi connectivity index (χ2v) is 10.3. The number of carbonyl (C=O) groups excluding carboxylic acids is 2. The highest BCUT2D eigenvalue weighted by atomic mass is 32.2. The van der Waals surface area contributed by atoms with Crippen molar-refractivity contribution >= 4 is 45.7 Å². The molecule has 5 aromatic rings. The molecule has 2 amide bonds. The van der Waals surface area contributed by atoms with E-state index in [2.05, 4.69) is 15.6 Å². The van der Waals surface area contributed by atoms with Gasteiger partial charge in [-0.25, -0.2) is 4.98 Å². The highest BCUT2D eigenvalue weighted by Gasteiger charge is 2.23. The van der Waals surface area contributed by atoms with E-state index >= 15 is 0 Å². The molecule has 0 spiro atoms. The van der Waals surface area contributed by atoms with E-state index < -0.39 is 5.25 Å². The summed E-state index contributed by atoms with van der Waals surface area (Å²) in [6, 6.07) is 28.4. The van der Waals surface area contributed by atoms with Crippen molar-refractivity contribution in [3.63, 3.8) is 0 Å². The van der Waals surface area contributed by atoms with Crippen molar-refractivity contribution in [2.75, 3.05) is 10.6 Å². The lowest BCUT2D eigenvalue weighted by atomic mass is 10.1. The Morgan fingerprint density at radius 2 is 1.65 bits per heavy atom. The third kappa shape index (κ3) is 6.17. The molecule has 8 heteroatoms. The van der Waals surface area contributed by atoms with Crippen LogP contribution >= 0.6 is 23.1 Å². The smallest absolute Gasteiger partial charge is 0.291 e. The second-order valence-electron chi connectivity index (χ2n) is 8.26. The first-order chi connectivity index (χ1) is 18.0. The van der Waals surface area contributed by atoms with Crippen LogP contribution in [0.25, 0.3) is 11.3 Å². The van der Waals surface area contributed by atoms with Gasteiger partial charge in [-0.05, 0) is 48.9 Å². The van der Waals surface area contributed by atoms with Gasteiger partial charge in [0.15, 0.2) is 10.9 Å². The molecule has 0 fully saturated rings. The van der Waals surface area contributed by atoms with Gasteiger partial charge in [0.2, 0.25) is 5.91 Å². The number of hydrogen-bond donors (Lipinski definition) is 2. The summed E-state index contributed by atoms with van der Waals surface area (Å²) < 4.78 is 5.13. The molecule has 0 bridgehead atoms. The van der Waals surface area contributed by atoms with Crippen LogP contribution in [0.2, 0.25) is 0 Å². The Morgan fingerprint density at radius 3 is 2.35 bits per heavy atom. The minimum atomic E-state index is -0.489. The summed E-state index contributed by atoms with van der Waals surface area (Å²) in [5.74, 6) is -0.233. The fourth-order valence-corrected chi connectivity index (χ4v) is 5.36. The summed E-state index contributed by atoms with van der Waals surface area (Å²) in [6.07, 6.45) is 1.46. The Hall–Kier alpha value is -4.14. The lowest BCUT2D eigenvalue weighted by Gasteiger charge is -2.16. The average Bonchev–Trinajstić information content (AvgIpc) is 3.62. The molecule has 6 nitrogen and oxygen atoms in total. The number of carbonyl (C=O) groups is 2. The zero-order valence-corrected chi connectivity index (χ0v) is 21.5. The van der Waals surface area contributed by atoms with Crippen LogP contribution in [-0.4, -0.2) is 16.8 Å². The maximum atomic E-state index is 13.4. The molecule has 184 valence electrons. The number of thiazole rings is 1. The summed E-state index contributed by atoms with van der Waals surface area (Å²) in [6.45, 7) is 2.04. The lowest BCUT2D eigenvalue weighted by molar-refractivity contribution is -0.115. The molecule has 1 unspecified atom stereocenters. The topological polar surface area (TPSA) is 84.2 Å². The maximum Gasteiger partial charge on any atom is 0.291 e. The Bertz CT molecular complexity index is 1480. The molecule has 1 atom stereocenters. The Labute approximate surface area is 222 Å². The van der Waals surface area contributed by atoms with Crippen molar-refractivity contribution in [2.45, 2.75) is 17.1 Å². The molecule has 3 aromatic carbocycles. The lowest BCUT2D eigenvalue weighted by Crippen LogP contribution is -2.19. The molecule has 5 rings (SSSR count). The molecule has 0 radical (unpaired) electrons. The number of benzene rings is 3. The monoisotopic (exact) mass is 525 g/mol. The number of aromatic nitrogens is 1. The van der Waals surface area contributed by atoms with Gasteiger partial charge in [-0.3, -0.25) is 9.59 Å². The van der Waals surface area contributed by atoms with Gasteiger partial charge in [0, 0.05) is 21.5 Å². The molecule has 37 heavy (non-hydrogen) atoms. The van der Waals surface area contributed by atoms with Crippen LogP contribution < -0.4 is 10.6 Å². The SMILES string of the molecule is Cc1ccc(-c2csc(NC(=O)C(Sc3ccc(NC(=O)c4ccco4)cc3)c3ccccc3)n2)cc1. The fraction of sp³-hybridized carbons (Fsp3) is 0.0690. The van der Waals surface area contributed by atoms with Gasteiger partial charge >= 0.3 is 0 Å². The van der Waals surface area contributed by atoms with Gasteiger partial charge in [0.05, 0.1) is 12.0 Å². The number of rotatable bonds is 8. The zero-order valence-electron chi connectivity index (χ0n) is 19.9. The van der Waals surface area contributed by atoms with Crippen LogP contribution in [0.4, 0.5) is 10.8 Å². The number of hydrogen-bond acceptors (Lipinski definition) is 6. The third-order valence-corrected chi connectivity index (χ3v) is 7.56. The number of anilines is 2. The van der Waals surface area contributed by atoms with E-state index in [4.69, 9.17) is 4.42 Å². The summed E-state index contributed by atoms with van der Waals surface area (Å²) in [5, 5.41) is 7.81. The second kappa shape index (κ2) is 11.3. The van der Waals surface area contributed by atoms with Crippen molar-refractivity contribution in [1.29, 1.82) is 0 Å². The Balaban J connectivity index is 1.30.